The van der Waals surface area contributed by atoms with Gasteiger partial charge in [0.1, 0.15) is 11.9 Å². The summed E-state index contributed by atoms with van der Waals surface area (Å²) in [5.41, 5.74) is 1.65. The Bertz CT molecular complexity index is 279. The number of nitrogens with zero attached hydrogens (tertiary/aromatic N) is 1. The van der Waals surface area contributed by atoms with Crippen molar-refractivity contribution in [2.75, 3.05) is 0 Å². The maximum Gasteiger partial charge on any atom is 0.259 e. The lowest BCUT2D eigenvalue weighted by Crippen LogP contribution is -2.33. The molecule has 1 unspecified atom stereocenters. The normalized spacial score (nSPS) is 13.3. The van der Waals surface area contributed by atoms with E-state index in [1.165, 1.54) is 6.20 Å². The van der Waals surface area contributed by atoms with E-state index in [4.69, 9.17) is 5.84 Å². The van der Waals surface area contributed by atoms with Gasteiger partial charge in [-0.2, -0.15) is 0 Å². The molecule has 13 heavy (non-hydrogen) atoms. The summed E-state index contributed by atoms with van der Waals surface area (Å²) >= 11 is 0. The summed E-state index contributed by atoms with van der Waals surface area (Å²) in [5, 5.41) is 0. The van der Waals surface area contributed by atoms with Crippen molar-refractivity contribution in [1.82, 2.24) is 10.4 Å². The summed E-state index contributed by atoms with van der Waals surface area (Å²) < 4.78 is 37.4. The Labute approximate surface area is 72.7 Å². The molecule has 0 radical (unpaired) electrons. The van der Waals surface area contributed by atoms with Crippen molar-refractivity contribution < 1.29 is 13.2 Å². The van der Waals surface area contributed by atoms with Crippen LogP contribution in [0.25, 0.3) is 0 Å². The number of rotatable bonds is 3. The van der Waals surface area contributed by atoms with E-state index in [0.717, 1.165) is 12.3 Å². The number of halogens is 3. The van der Waals surface area contributed by atoms with Gasteiger partial charge in [-0.15, -0.1) is 0 Å². The maximum absolute atomic E-state index is 12.9. The molecule has 0 saturated carbocycles. The van der Waals surface area contributed by atoms with E-state index < -0.39 is 18.3 Å². The molecule has 1 aromatic heterocycles. The van der Waals surface area contributed by atoms with E-state index in [1.807, 2.05) is 5.43 Å². The Morgan fingerprint density at radius 1 is 1.46 bits per heavy atom. The van der Waals surface area contributed by atoms with Gasteiger partial charge in [0.25, 0.3) is 6.43 Å². The summed E-state index contributed by atoms with van der Waals surface area (Å²) in [5.74, 6) is 4.06. The molecule has 0 aliphatic rings. The Kier molecular flexibility index (Phi) is 3.21. The van der Waals surface area contributed by atoms with Gasteiger partial charge in [0.2, 0.25) is 0 Å². The number of hydrogen-bond donors (Lipinski definition) is 2. The lowest BCUT2D eigenvalue weighted by molar-refractivity contribution is 0.0968. The molecule has 3 N–H and O–H groups in total. The Hall–Kier alpha value is -1.14. The van der Waals surface area contributed by atoms with E-state index in [2.05, 4.69) is 4.98 Å². The highest BCUT2D eigenvalue weighted by Crippen LogP contribution is 2.21. The van der Waals surface area contributed by atoms with Gasteiger partial charge in [0.15, 0.2) is 0 Å². The fourth-order valence-electron chi connectivity index (χ4n) is 0.936. The lowest BCUT2D eigenvalue weighted by Gasteiger charge is -2.14. The molecular formula is C7H8F3N3. The summed E-state index contributed by atoms with van der Waals surface area (Å²) in [6, 6.07) is -0.338. The van der Waals surface area contributed by atoms with Gasteiger partial charge in [-0.05, 0) is 6.07 Å². The van der Waals surface area contributed by atoms with Crippen LogP contribution in [0.4, 0.5) is 13.2 Å². The standard InChI is InChI=1S/C7H8F3N3/c8-5-3-12-2-1-4(5)6(13-11)7(9)10/h1-3,6-7,13H,11H2. The zero-order valence-corrected chi connectivity index (χ0v) is 6.55. The first-order valence-corrected chi connectivity index (χ1v) is 3.50. The van der Waals surface area contributed by atoms with Gasteiger partial charge in [-0.1, -0.05) is 0 Å². The van der Waals surface area contributed by atoms with E-state index in [-0.39, 0.29) is 5.56 Å². The van der Waals surface area contributed by atoms with E-state index in [1.54, 1.807) is 0 Å². The first kappa shape index (κ1) is 9.94. The van der Waals surface area contributed by atoms with E-state index in [0.29, 0.717) is 0 Å². The third-order valence-electron chi connectivity index (χ3n) is 1.57. The van der Waals surface area contributed by atoms with Crippen LogP contribution in [0.3, 0.4) is 0 Å². The fourth-order valence-corrected chi connectivity index (χ4v) is 0.936. The second kappa shape index (κ2) is 4.20. The van der Waals surface area contributed by atoms with Crippen LogP contribution >= 0.6 is 0 Å². The van der Waals surface area contributed by atoms with Gasteiger partial charge >= 0.3 is 0 Å². The summed E-state index contributed by atoms with van der Waals surface area (Å²) in [6.07, 6.45) is -0.672. The molecule has 0 aliphatic carbocycles. The van der Waals surface area contributed by atoms with Gasteiger partial charge in [-0.3, -0.25) is 10.8 Å². The number of alkyl halides is 2. The van der Waals surface area contributed by atoms with Crippen LogP contribution in [0.1, 0.15) is 11.6 Å². The molecule has 72 valence electrons. The minimum atomic E-state index is -2.76. The lowest BCUT2D eigenvalue weighted by atomic mass is 10.1. The average molecular weight is 191 g/mol. The Morgan fingerprint density at radius 2 is 2.15 bits per heavy atom. The van der Waals surface area contributed by atoms with Crippen LogP contribution in [0.2, 0.25) is 0 Å². The largest absolute Gasteiger partial charge is 0.271 e. The molecular weight excluding hydrogens is 183 g/mol. The second-order valence-corrected chi connectivity index (χ2v) is 2.38. The first-order valence-electron chi connectivity index (χ1n) is 3.50. The van der Waals surface area contributed by atoms with Crippen molar-refractivity contribution in [1.29, 1.82) is 0 Å². The number of aromatic nitrogens is 1. The van der Waals surface area contributed by atoms with Crippen molar-refractivity contribution >= 4 is 0 Å². The minimum absolute atomic E-state index is 0.187. The second-order valence-electron chi connectivity index (χ2n) is 2.38. The Balaban J connectivity index is 2.97. The van der Waals surface area contributed by atoms with E-state index >= 15 is 0 Å². The molecule has 0 aromatic carbocycles. The smallest absolute Gasteiger partial charge is 0.259 e. The topological polar surface area (TPSA) is 50.9 Å². The summed E-state index contributed by atoms with van der Waals surface area (Å²) in [6.45, 7) is 0. The molecule has 1 aromatic rings. The van der Waals surface area contributed by atoms with Crippen molar-refractivity contribution in [2.45, 2.75) is 12.5 Å². The van der Waals surface area contributed by atoms with Crippen LogP contribution in [0, 0.1) is 5.82 Å². The van der Waals surface area contributed by atoms with Crippen molar-refractivity contribution in [3.8, 4) is 0 Å². The molecule has 0 spiro atoms. The third kappa shape index (κ3) is 2.16. The molecule has 0 amide bonds. The maximum atomic E-state index is 12.9. The van der Waals surface area contributed by atoms with Gasteiger partial charge in [0, 0.05) is 11.8 Å². The molecule has 1 atom stereocenters. The third-order valence-corrected chi connectivity index (χ3v) is 1.57. The highest BCUT2D eigenvalue weighted by Gasteiger charge is 2.23. The van der Waals surface area contributed by atoms with E-state index in [9.17, 15) is 13.2 Å². The van der Waals surface area contributed by atoms with Crippen molar-refractivity contribution in [2.24, 2.45) is 5.84 Å². The molecule has 0 saturated heterocycles. The van der Waals surface area contributed by atoms with Gasteiger partial charge in [-0.25, -0.2) is 18.6 Å². The molecule has 0 bridgehead atoms. The number of nitrogens with two attached hydrogens (primary N) is 1. The van der Waals surface area contributed by atoms with Crippen LogP contribution in [-0.2, 0) is 0 Å². The van der Waals surface area contributed by atoms with Crippen LogP contribution < -0.4 is 11.3 Å². The summed E-state index contributed by atoms with van der Waals surface area (Å²) in [7, 11) is 0. The molecule has 0 aliphatic heterocycles. The highest BCUT2D eigenvalue weighted by atomic mass is 19.3. The van der Waals surface area contributed by atoms with Crippen molar-refractivity contribution in [3.05, 3.63) is 29.8 Å². The molecule has 6 heteroatoms. The quantitative estimate of drug-likeness (QED) is 0.553. The molecule has 1 rings (SSSR count). The highest BCUT2D eigenvalue weighted by molar-refractivity contribution is 5.17. The number of hydrogen-bond acceptors (Lipinski definition) is 3. The van der Waals surface area contributed by atoms with Crippen LogP contribution in [-0.4, -0.2) is 11.4 Å². The number of hydrazine groups is 1. The predicted octanol–water partition coefficient (Wildman–Crippen LogP) is 0.990. The number of nitrogens with one attached hydrogen (secondary N) is 1. The minimum Gasteiger partial charge on any atom is -0.271 e. The summed E-state index contributed by atoms with van der Waals surface area (Å²) in [4.78, 5) is 3.43. The molecule has 0 fully saturated rings. The predicted molar refractivity (Wildman–Crippen MR) is 40.3 cm³/mol. The zero-order valence-electron chi connectivity index (χ0n) is 6.55. The molecule has 1 heterocycles. The van der Waals surface area contributed by atoms with Gasteiger partial charge < -0.3 is 0 Å². The zero-order chi connectivity index (χ0) is 9.84. The monoisotopic (exact) mass is 191 g/mol. The average Bonchev–Trinajstić information content (AvgIpc) is 2.09. The molecule has 3 nitrogen and oxygen atoms in total. The van der Waals surface area contributed by atoms with Gasteiger partial charge in [0.05, 0.1) is 6.20 Å². The SMILES string of the molecule is NNC(c1ccncc1F)C(F)F. The van der Waals surface area contributed by atoms with Crippen LogP contribution in [0.5, 0.6) is 0 Å². The Morgan fingerprint density at radius 3 is 2.62 bits per heavy atom. The van der Waals surface area contributed by atoms with Crippen molar-refractivity contribution in [3.63, 3.8) is 0 Å². The number of pyridine rings is 1. The fraction of sp³-hybridized carbons (Fsp3) is 0.286. The first-order chi connectivity index (χ1) is 6.16. The van der Waals surface area contributed by atoms with Crippen LogP contribution in [0.15, 0.2) is 18.5 Å².